The summed E-state index contributed by atoms with van der Waals surface area (Å²) < 4.78 is 8.13. The molecule has 1 rings (SSSR count). The molecule has 4 heteroatoms. The van der Waals surface area contributed by atoms with E-state index in [0.717, 1.165) is 12.1 Å². The number of nitrogens with zero attached hydrogens (tertiary/aromatic N) is 3. The summed E-state index contributed by atoms with van der Waals surface area (Å²) in [5, 5.41) is 8.68. The van der Waals surface area contributed by atoms with E-state index in [-0.39, 0.29) is 22.2 Å². The maximum Gasteiger partial charge on any atom is 0.0884 e. The minimum atomic E-state index is -0.215. The van der Waals surface area contributed by atoms with Crippen molar-refractivity contribution in [3.63, 3.8) is 0 Å². The molecule has 0 amide bonds. The van der Waals surface area contributed by atoms with Crippen molar-refractivity contribution in [2.45, 2.75) is 97.8 Å². The van der Waals surface area contributed by atoms with Crippen molar-refractivity contribution in [2.24, 2.45) is 0 Å². The van der Waals surface area contributed by atoms with E-state index in [9.17, 15) is 0 Å². The van der Waals surface area contributed by atoms with Crippen LogP contribution in [0.15, 0.2) is 6.20 Å². The third-order valence-corrected chi connectivity index (χ3v) is 3.32. The van der Waals surface area contributed by atoms with Crippen LogP contribution >= 0.6 is 0 Å². The van der Waals surface area contributed by atoms with Crippen molar-refractivity contribution < 1.29 is 4.74 Å². The fourth-order valence-electron chi connectivity index (χ4n) is 2.92. The van der Waals surface area contributed by atoms with Crippen molar-refractivity contribution in [3.05, 3.63) is 11.9 Å². The maximum absolute atomic E-state index is 6.20. The molecule has 0 atom stereocenters. The van der Waals surface area contributed by atoms with E-state index in [1.807, 2.05) is 4.68 Å². The van der Waals surface area contributed by atoms with Crippen LogP contribution in [-0.2, 0) is 15.7 Å². The Morgan fingerprint density at radius 2 is 1.48 bits per heavy atom. The van der Waals surface area contributed by atoms with Gasteiger partial charge >= 0.3 is 0 Å². The molecule has 0 fully saturated rings. The van der Waals surface area contributed by atoms with E-state index >= 15 is 0 Å². The van der Waals surface area contributed by atoms with Gasteiger partial charge in [0.1, 0.15) is 0 Å². The second-order valence-electron chi connectivity index (χ2n) is 9.25. The minimum Gasteiger partial charge on any atom is -0.370 e. The van der Waals surface area contributed by atoms with Gasteiger partial charge in [-0.15, -0.1) is 5.10 Å². The van der Waals surface area contributed by atoms with Crippen molar-refractivity contribution in [1.82, 2.24) is 15.0 Å². The lowest BCUT2D eigenvalue weighted by molar-refractivity contribution is -0.123. The summed E-state index contributed by atoms with van der Waals surface area (Å²) in [5.74, 6) is 0. The molecule has 0 saturated carbocycles. The summed E-state index contributed by atoms with van der Waals surface area (Å²) in [6, 6.07) is 0. The van der Waals surface area contributed by atoms with Crippen LogP contribution in [0.25, 0.3) is 0 Å². The summed E-state index contributed by atoms with van der Waals surface area (Å²) in [5.41, 5.74) is 0.523. The predicted molar refractivity (Wildman–Crippen MR) is 87.6 cm³/mol. The summed E-state index contributed by atoms with van der Waals surface area (Å²) in [7, 11) is 0. The van der Waals surface area contributed by atoms with Crippen LogP contribution in [0, 0.1) is 0 Å². The van der Waals surface area contributed by atoms with Crippen LogP contribution in [0.2, 0.25) is 0 Å². The normalized spacial score (nSPS) is 14.6. The van der Waals surface area contributed by atoms with E-state index in [0.29, 0.717) is 0 Å². The van der Waals surface area contributed by atoms with Gasteiger partial charge in [0.15, 0.2) is 0 Å². The van der Waals surface area contributed by atoms with Gasteiger partial charge < -0.3 is 4.74 Å². The van der Waals surface area contributed by atoms with Crippen LogP contribution in [0.3, 0.4) is 0 Å². The SMILES string of the molecule is CC(C)(C)OC(C)(C)CC(C)(C)c1cn(C(C)(C)C)nn1. The standard InChI is InChI=1S/C17H33N3O/c1-14(2,3)20-11-13(18-19-20)16(7,8)12-17(9,10)21-15(4,5)6/h11H,12H2,1-10H3. The average molecular weight is 295 g/mol. The lowest BCUT2D eigenvalue weighted by Gasteiger charge is -2.38. The maximum atomic E-state index is 6.20. The first-order valence-electron chi connectivity index (χ1n) is 7.76. The fraction of sp³-hybridized carbons (Fsp3) is 0.882. The Morgan fingerprint density at radius 1 is 0.952 bits per heavy atom. The first kappa shape index (κ1) is 18.1. The van der Waals surface area contributed by atoms with Crippen LogP contribution in [0.1, 0.15) is 81.4 Å². The minimum absolute atomic E-state index is 0.0429. The third kappa shape index (κ3) is 5.42. The highest BCUT2D eigenvalue weighted by molar-refractivity contribution is 5.11. The molecule has 0 aliphatic heterocycles. The molecule has 122 valence electrons. The van der Waals surface area contributed by atoms with E-state index in [2.05, 4.69) is 85.7 Å². The lowest BCUT2D eigenvalue weighted by Crippen LogP contribution is -2.40. The zero-order chi connectivity index (χ0) is 16.7. The molecule has 0 unspecified atom stereocenters. The fourth-order valence-corrected chi connectivity index (χ4v) is 2.92. The largest absolute Gasteiger partial charge is 0.370 e. The number of ether oxygens (including phenoxy) is 1. The molecule has 1 heterocycles. The van der Waals surface area contributed by atoms with Crippen molar-refractivity contribution in [1.29, 1.82) is 0 Å². The average Bonchev–Trinajstić information content (AvgIpc) is 2.57. The molecule has 0 spiro atoms. The summed E-state index contributed by atoms with van der Waals surface area (Å²) in [6.45, 7) is 21.4. The number of hydrogen-bond donors (Lipinski definition) is 0. The first-order chi connectivity index (χ1) is 9.12. The highest BCUT2D eigenvalue weighted by atomic mass is 16.5. The van der Waals surface area contributed by atoms with Gasteiger partial charge in [0.05, 0.1) is 22.4 Å². The Labute approximate surface area is 130 Å². The molecule has 0 radical (unpaired) electrons. The van der Waals surface area contributed by atoms with E-state index < -0.39 is 0 Å². The Hall–Kier alpha value is -0.900. The zero-order valence-electron chi connectivity index (χ0n) is 15.5. The molecule has 0 saturated heterocycles. The molecule has 0 aromatic carbocycles. The van der Waals surface area contributed by atoms with Gasteiger partial charge in [0.2, 0.25) is 0 Å². The van der Waals surface area contributed by atoms with Gasteiger partial charge in [0, 0.05) is 11.6 Å². The second kappa shape index (κ2) is 5.38. The lowest BCUT2D eigenvalue weighted by atomic mass is 9.79. The number of rotatable bonds is 4. The van der Waals surface area contributed by atoms with Crippen molar-refractivity contribution in [2.75, 3.05) is 0 Å². The molecule has 0 aliphatic rings. The molecular formula is C17H33N3O. The Balaban J connectivity index is 2.93. The van der Waals surface area contributed by atoms with Gasteiger partial charge in [-0.05, 0) is 61.8 Å². The van der Waals surface area contributed by atoms with Crippen LogP contribution in [-0.4, -0.2) is 26.2 Å². The van der Waals surface area contributed by atoms with Crippen molar-refractivity contribution in [3.8, 4) is 0 Å². The highest BCUT2D eigenvalue weighted by Crippen LogP contribution is 2.35. The highest BCUT2D eigenvalue weighted by Gasteiger charge is 2.36. The van der Waals surface area contributed by atoms with Crippen molar-refractivity contribution >= 4 is 0 Å². The van der Waals surface area contributed by atoms with Crippen LogP contribution in [0.5, 0.6) is 0 Å². The third-order valence-electron chi connectivity index (χ3n) is 3.32. The van der Waals surface area contributed by atoms with Gasteiger partial charge in [-0.2, -0.15) is 0 Å². The van der Waals surface area contributed by atoms with Crippen LogP contribution < -0.4 is 0 Å². The molecule has 21 heavy (non-hydrogen) atoms. The molecule has 1 aromatic rings. The van der Waals surface area contributed by atoms with E-state index in [1.54, 1.807) is 0 Å². The number of aromatic nitrogens is 3. The molecule has 0 aliphatic carbocycles. The Bertz CT molecular complexity index is 473. The second-order valence-corrected chi connectivity index (χ2v) is 9.25. The Kier molecular flexibility index (Phi) is 4.65. The molecule has 1 aromatic heterocycles. The summed E-state index contributed by atoms with van der Waals surface area (Å²) in [6.07, 6.45) is 2.95. The molecule has 4 nitrogen and oxygen atoms in total. The van der Waals surface area contributed by atoms with Gasteiger partial charge in [0.25, 0.3) is 0 Å². The summed E-state index contributed by atoms with van der Waals surface area (Å²) in [4.78, 5) is 0. The monoisotopic (exact) mass is 295 g/mol. The molecule has 0 N–H and O–H groups in total. The van der Waals surface area contributed by atoms with Gasteiger partial charge in [-0.3, -0.25) is 0 Å². The topological polar surface area (TPSA) is 39.9 Å². The molecule has 0 bridgehead atoms. The van der Waals surface area contributed by atoms with E-state index in [1.165, 1.54) is 0 Å². The first-order valence-corrected chi connectivity index (χ1v) is 7.76. The number of hydrogen-bond acceptors (Lipinski definition) is 3. The van der Waals surface area contributed by atoms with Gasteiger partial charge in [-0.1, -0.05) is 19.1 Å². The van der Waals surface area contributed by atoms with Crippen LogP contribution in [0.4, 0.5) is 0 Å². The zero-order valence-corrected chi connectivity index (χ0v) is 15.5. The molecular weight excluding hydrogens is 262 g/mol. The Morgan fingerprint density at radius 3 is 1.86 bits per heavy atom. The quantitative estimate of drug-likeness (QED) is 0.831. The predicted octanol–water partition coefficient (Wildman–Crippen LogP) is 4.29. The summed E-state index contributed by atoms with van der Waals surface area (Å²) >= 11 is 0. The smallest absolute Gasteiger partial charge is 0.0884 e. The van der Waals surface area contributed by atoms with E-state index in [4.69, 9.17) is 4.74 Å². The van der Waals surface area contributed by atoms with Gasteiger partial charge in [-0.25, -0.2) is 4.68 Å².